The number of hydrogen-bond acceptors (Lipinski definition) is 4. The molecule has 1 aromatic carbocycles. The first-order valence-electron chi connectivity index (χ1n) is 8.94. The van der Waals surface area contributed by atoms with Crippen molar-refractivity contribution in [2.75, 3.05) is 26.8 Å². The molecule has 0 aliphatic carbocycles. The Morgan fingerprint density at radius 1 is 1.12 bits per heavy atom. The molecule has 1 amide bonds. The molecule has 0 aliphatic rings. The summed E-state index contributed by atoms with van der Waals surface area (Å²) in [4.78, 5) is 25.9. The number of hydrogen-bond donors (Lipinski definition) is 0. The van der Waals surface area contributed by atoms with Gasteiger partial charge in [0.05, 0.1) is 13.0 Å². The van der Waals surface area contributed by atoms with Crippen molar-refractivity contribution < 1.29 is 19.1 Å². The second-order valence-corrected chi connectivity index (χ2v) is 6.73. The van der Waals surface area contributed by atoms with Crippen molar-refractivity contribution in [3.63, 3.8) is 0 Å². The fourth-order valence-electron chi connectivity index (χ4n) is 2.40. The Morgan fingerprint density at radius 3 is 2.28 bits per heavy atom. The Hall–Kier alpha value is -2.04. The topological polar surface area (TPSA) is 55.8 Å². The van der Waals surface area contributed by atoms with Gasteiger partial charge in [0.15, 0.2) is 6.61 Å². The first-order valence-corrected chi connectivity index (χ1v) is 8.94. The lowest BCUT2D eigenvalue weighted by Gasteiger charge is -2.26. The quantitative estimate of drug-likeness (QED) is 0.608. The molecule has 1 aromatic rings. The average Bonchev–Trinajstić information content (AvgIpc) is 2.62. The van der Waals surface area contributed by atoms with Gasteiger partial charge in [0.1, 0.15) is 5.75 Å². The molecule has 1 unspecified atom stereocenters. The number of amides is 1. The molecule has 25 heavy (non-hydrogen) atoms. The molecule has 0 fully saturated rings. The lowest BCUT2D eigenvalue weighted by atomic mass is 10.1. The van der Waals surface area contributed by atoms with Gasteiger partial charge >= 0.3 is 5.97 Å². The van der Waals surface area contributed by atoms with Gasteiger partial charge in [-0.15, -0.1) is 0 Å². The molecule has 5 heteroatoms. The maximum absolute atomic E-state index is 12.5. The highest BCUT2D eigenvalue weighted by Crippen LogP contribution is 2.13. The number of esters is 1. The fourth-order valence-corrected chi connectivity index (χ4v) is 2.40. The summed E-state index contributed by atoms with van der Waals surface area (Å²) in [6, 6.07) is 7.74. The second-order valence-electron chi connectivity index (χ2n) is 6.73. The second kappa shape index (κ2) is 10.7. The number of rotatable bonds is 10. The van der Waals surface area contributed by atoms with Gasteiger partial charge in [-0.25, -0.2) is 0 Å². The summed E-state index contributed by atoms with van der Waals surface area (Å²) in [5.74, 6) is 0.376. The normalized spacial score (nSPS) is 11.9. The first-order chi connectivity index (χ1) is 11.9. The highest BCUT2D eigenvalue weighted by molar-refractivity contribution is 5.79. The van der Waals surface area contributed by atoms with E-state index in [4.69, 9.17) is 9.47 Å². The Labute approximate surface area is 151 Å². The zero-order chi connectivity index (χ0) is 18.8. The van der Waals surface area contributed by atoms with Crippen molar-refractivity contribution in [1.29, 1.82) is 0 Å². The van der Waals surface area contributed by atoms with Crippen molar-refractivity contribution in [3.05, 3.63) is 29.8 Å². The van der Waals surface area contributed by atoms with E-state index in [9.17, 15) is 9.59 Å². The maximum Gasteiger partial charge on any atom is 0.310 e. The van der Waals surface area contributed by atoms with Crippen LogP contribution >= 0.6 is 0 Å². The van der Waals surface area contributed by atoms with E-state index in [-0.39, 0.29) is 24.4 Å². The van der Waals surface area contributed by atoms with Crippen LogP contribution in [0.2, 0.25) is 0 Å². The van der Waals surface area contributed by atoms with Crippen LogP contribution < -0.4 is 4.74 Å². The lowest BCUT2D eigenvalue weighted by molar-refractivity contribution is -0.146. The molecule has 0 N–H and O–H groups in total. The third-order valence-electron chi connectivity index (χ3n) is 4.12. The van der Waals surface area contributed by atoms with Crippen LogP contribution in [0.1, 0.15) is 39.7 Å². The molecule has 0 heterocycles. The van der Waals surface area contributed by atoms with Crippen molar-refractivity contribution in [3.8, 4) is 5.75 Å². The standard InChI is InChI=1S/C20H31NO4/c1-6-17-7-9-18(10-8-17)25-14-19(22)21(12-11-15(2)3)13-16(4)20(23)24-5/h7-10,15-16H,6,11-14H2,1-5H3. The number of ether oxygens (including phenoxy) is 2. The molecular weight excluding hydrogens is 318 g/mol. The average molecular weight is 349 g/mol. The minimum Gasteiger partial charge on any atom is -0.484 e. The molecule has 140 valence electrons. The third kappa shape index (κ3) is 7.59. The molecule has 0 aliphatic heterocycles. The van der Waals surface area contributed by atoms with Gasteiger partial charge in [0.25, 0.3) is 5.91 Å². The number of methoxy groups -OCH3 is 1. The molecule has 0 spiro atoms. The predicted octanol–water partition coefficient (Wildman–Crippen LogP) is 3.31. The number of carbonyl (C=O) groups excluding carboxylic acids is 2. The van der Waals surface area contributed by atoms with Gasteiger partial charge < -0.3 is 14.4 Å². The predicted molar refractivity (Wildman–Crippen MR) is 98.5 cm³/mol. The minimum atomic E-state index is -0.357. The van der Waals surface area contributed by atoms with E-state index >= 15 is 0 Å². The van der Waals surface area contributed by atoms with Crippen LogP contribution in [0.3, 0.4) is 0 Å². The van der Waals surface area contributed by atoms with E-state index < -0.39 is 0 Å². The van der Waals surface area contributed by atoms with Crippen molar-refractivity contribution in [2.24, 2.45) is 11.8 Å². The smallest absolute Gasteiger partial charge is 0.310 e. The van der Waals surface area contributed by atoms with Crippen LogP contribution in [0, 0.1) is 11.8 Å². The summed E-state index contributed by atoms with van der Waals surface area (Å²) in [7, 11) is 1.36. The van der Waals surface area contributed by atoms with Crippen LogP contribution in [0.25, 0.3) is 0 Å². The van der Waals surface area contributed by atoms with E-state index in [1.807, 2.05) is 24.3 Å². The Bertz CT molecular complexity index is 539. The Kier molecular flexibility index (Phi) is 9.03. The summed E-state index contributed by atoms with van der Waals surface area (Å²) in [5, 5.41) is 0. The van der Waals surface area contributed by atoms with Crippen molar-refractivity contribution in [1.82, 2.24) is 4.90 Å². The summed E-state index contributed by atoms with van der Waals surface area (Å²) in [5.41, 5.74) is 1.23. The number of aryl methyl sites for hydroxylation is 1. The zero-order valence-corrected chi connectivity index (χ0v) is 16.1. The van der Waals surface area contributed by atoms with Gasteiger partial charge in [-0.2, -0.15) is 0 Å². The monoisotopic (exact) mass is 349 g/mol. The van der Waals surface area contributed by atoms with E-state index in [2.05, 4.69) is 20.8 Å². The maximum atomic E-state index is 12.5. The van der Waals surface area contributed by atoms with Crippen LogP contribution in [0.15, 0.2) is 24.3 Å². The van der Waals surface area contributed by atoms with Gasteiger partial charge in [0, 0.05) is 13.1 Å². The lowest BCUT2D eigenvalue weighted by Crippen LogP contribution is -2.40. The van der Waals surface area contributed by atoms with E-state index in [0.29, 0.717) is 24.8 Å². The van der Waals surface area contributed by atoms with Crippen LogP contribution in [0.4, 0.5) is 0 Å². The van der Waals surface area contributed by atoms with Gasteiger partial charge in [0.2, 0.25) is 0 Å². The van der Waals surface area contributed by atoms with Gasteiger partial charge in [-0.1, -0.05) is 39.8 Å². The molecule has 0 aromatic heterocycles. The third-order valence-corrected chi connectivity index (χ3v) is 4.12. The molecule has 0 radical (unpaired) electrons. The summed E-state index contributed by atoms with van der Waals surface area (Å²) >= 11 is 0. The highest BCUT2D eigenvalue weighted by atomic mass is 16.5. The molecule has 0 saturated carbocycles. The SMILES string of the molecule is CCc1ccc(OCC(=O)N(CCC(C)C)CC(C)C(=O)OC)cc1. The van der Waals surface area contributed by atoms with E-state index in [1.165, 1.54) is 12.7 Å². The summed E-state index contributed by atoms with van der Waals surface area (Å²) in [6.45, 7) is 9.00. The van der Waals surface area contributed by atoms with Crippen LogP contribution in [-0.4, -0.2) is 43.6 Å². The largest absolute Gasteiger partial charge is 0.484 e. The van der Waals surface area contributed by atoms with Crippen molar-refractivity contribution >= 4 is 11.9 Å². The number of nitrogens with zero attached hydrogens (tertiary/aromatic N) is 1. The van der Waals surface area contributed by atoms with Crippen LogP contribution in [-0.2, 0) is 20.7 Å². The van der Waals surface area contributed by atoms with E-state index in [1.54, 1.807) is 11.8 Å². The number of benzene rings is 1. The van der Waals surface area contributed by atoms with Gasteiger partial charge in [-0.05, 0) is 36.5 Å². The van der Waals surface area contributed by atoms with Crippen molar-refractivity contribution in [2.45, 2.75) is 40.5 Å². The Morgan fingerprint density at radius 2 is 1.76 bits per heavy atom. The molecule has 0 saturated heterocycles. The molecule has 5 nitrogen and oxygen atoms in total. The van der Waals surface area contributed by atoms with Gasteiger partial charge in [-0.3, -0.25) is 9.59 Å². The first kappa shape index (κ1) is 21.0. The minimum absolute atomic E-state index is 0.0303. The molecular formula is C20H31NO4. The fraction of sp³-hybridized carbons (Fsp3) is 0.600. The summed E-state index contributed by atoms with van der Waals surface area (Å²) < 4.78 is 10.4. The number of carbonyl (C=O) groups is 2. The van der Waals surface area contributed by atoms with E-state index in [0.717, 1.165) is 12.8 Å². The molecule has 1 atom stereocenters. The summed E-state index contributed by atoms with van der Waals surface area (Å²) in [6.07, 6.45) is 1.85. The molecule has 0 bridgehead atoms. The zero-order valence-electron chi connectivity index (χ0n) is 16.1. The highest BCUT2D eigenvalue weighted by Gasteiger charge is 2.22. The molecule has 1 rings (SSSR count). The Balaban J connectivity index is 2.64. The van der Waals surface area contributed by atoms with Crippen LogP contribution in [0.5, 0.6) is 5.75 Å².